The van der Waals surface area contributed by atoms with E-state index in [-0.39, 0.29) is 27.9 Å². The van der Waals surface area contributed by atoms with E-state index in [1.54, 1.807) is 0 Å². The van der Waals surface area contributed by atoms with Gasteiger partial charge in [0.05, 0.1) is 26.7 Å². The van der Waals surface area contributed by atoms with Crippen molar-refractivity contribution in [3.05, 3.63) is 48.0 Å². The molecule has 0 bridgehead atoms. The van der Waals surface area contributed by atoms with Gasteiger partial charge in [-0.2, -0.15) is 13.2 Å². The first-order valence-corrected chi connectivity index (χ1v) is 12.1. The van der Waals surface area contributed by atoms with Crippen molar-refractivity contribution >= 4 is 43.8 Å². The number of hydrogen-bond donors (Lipinski definition) is 2. The number of primary sulfonamides is 1. The smallest absolute Gasteiger partial charge is 0.367 e. The van der Waals surface area contributed by atoms with Gasteiger partial charge in [0, 0.05) is 26.2 Å². The summed E-state index contributed by atoms with van der Waals surface area (Å²) in [7, 11) is -6.41. The molecule has 8 nitrogen and oxygen atoms in total. The molecule has 3 rings (SSSR count). The average Bonchev–Trinajstić information content (AvgIpc) is 2.67. The number of anilines is 2. The third-order valence-electron chi connectivity index (χ3n) is 4.87. The van der Waals surface area contributed by atoms with Gasteiger partial charge in [-0.25, -0.2) is 22.0 Å². The predicted molar refractivity (Wildman–Crippen MR) is 117 cm³/mol. The van der Waals surface area contributed by atoms with Crippen molar-refractivity contribution in [3.63, 3.8) is 0 Å². The molecule has 1 aliphatic rings. The van der Waals surface area contributed by atoms with Crippen LogP contribution in [-0.2, 0) is 26.2 Å². The first-order valence-electron chi connectivity index (χ1n) is 9.08. The van der Waals surface area contributed by atoms with Crippen LogP contribution in [0.15, 0.2) is 52.3 Å². The van der Waals surface area contributed by atoms with Gasteiger partial charge in [-0.15, -0.1) is 12.4 Å². The van der Waals surface area contributed by atoms with Gasteiger partial charge in [-0.3, -0.25) is 4.72 Å². The van der Waals surface area contributed by atoms with Crippen molar-refractivity contribution < 1.29 is 30.0 Å². The maximum absolute atomic E-state index is 13.2. The van der Waals surface area contributed by atoms with Gasteiger partial charge in [0.1, 0.15) is 0 Å². The fraction of sp³-hybridized carbons (Fsp3) is 0.333. The van der Waals surface area contributed by atoms with Gasteiger partial charge < -0.3 is 9.80 Å². The molecule has 0 spiro atoms. The van der Waals surface area contributed by atoms with E-state index >= 15 is 0 Å². The Bertz CT molecular complexity index is 1170. The SMILES string of the molecule is CN1CCN(c2ccc(C(F)(F)F)cc2NS(=O)(=O)c2ccc(S(N)(=O)=O)cc2)CC1.Cl. The fourth-order valence-corrected chi connectivity index (χ4v) is 4.71. The Hall–Kier alpha value is -2.06. The van der Waals surface area contributed by atoms with E-state index in [0.29, 0.717) is 31.9 Å². The Morgan fingerprint density at radius 1 is 0.906 bits per heavy atom. The second kappa shape index (κ2) is 9.43. The number of rotatable bonds is 5. The lowest BCUT2D eigenvalue weighted by Gasteiger charge is -2.35. The van der Waals surface area contributed by atoms with Crippen molar-refractivity contribution in [2.75, 3.05) is 42.8 Å². The molecule has 2 aromatic rings. The second-order valence-corrected chi connectivity index (χ2v) is 10.4. The maximum atomic E-state index is 13.2. The summed E-state index contributed by atoms with van der Waals surface area (Å²) in [6.07, 6.45) is -4.65. The molecule has 0 aliphatic carbocycles. The van der Waals surface area contributed by atoms with E-state index in [4.69, 9.17) is 5.14 Å². The zero-order chi connectivity index (χ0) is 23.0. The molecule has 32 heavy (non-hydrogen) atoms. The summed E-state index contributed by atoms with van der Waals surface area (Å²) in [6, 6.07) is 6.97. The highest BCUT2D eigenvalue weighted by atomic mass is 35.5. The first kappa shape index (κ1) is 26.2. The Balaban J connectivity index is 0.00000363. The summed E-state index contributed by atoms with van der Waals surface area (Å²) in [5, 5.41) is 5.00. The Kier molecular flexibility index (Phi) is 7.72. The third-order valence-corrected chi connectivity index (χ3v) is 7.19. The van der Waals surface area contributed by atoms with Crippen LogP contribution in [0.3, 0.4) is 0 Å². The topological polar surface area (TPSA) is 113 Å². The minimum absolute atomic E-state index is 0. The molecular weight excluding hydrogens is 493 g/mol. The fourth-order valence-electron chi connectivity index (χ4n) is 3.13. The molecule has 0 amide bonds. The zero-order valence-electron chi connectivity index (χ0n) is 16.8. The molecule has 0 aromatic heterocycles. The van der Waals surface area contributed by atoms with Crippen molar-refractivity contribution in [3.8, 4) is 0 Å². The third kappa shape index (κ3) is 6.04. The Morgan fingerprint density at radius 2 is 1.44 bits per heavy atom. The number of piperazine rings is 1. The molecule has 2 aromatic carbocycles. The quantitative estimate of drug-likeness (QED) is 0.633. The number of nitrogens with one attached hydrogen (secondary N) is 1. The van der Waals surface area contributed by atoms with E-state index < -0.39 is 31.8 Å². The van der Waals surface area contributed by atoms with Crippen LogP contribution in [0.25, 0.3) is 0 Å². The van der Waals surface area contributed by atoms with E-state index in [1.807, 2.05) is 11.9 Å². The van der Waals surface area contributed by atoms with E-state index in [0.717, 1.165) is 36.4 Å². The lowest BCUT2D eigenvalue weighted by Crippen LogP contribution is -2.44. The van der Waals surface area contributed by atoms with E-state index in [9.17, 15) is 30.0 Å². The number of sulfonamides is 2. The van der Waals surface area contributed by atoms with Crippen molar-refractivity contribution in [2.45, 2.75) is 16.0 Å². The molecule has 1 fully saturated rings. The van der Waals surface area contributed by atoms with E-state index in [2.05, 4.69) is 9.62 Å². The molecule has 0 saturated carbocycles. The summed E-state index contributed by atoms with van der Waals surface area (Å²) >= 11 is 0. The molecule has 1 saturated heterocycles. The highest BCUT2D eigenvalue weighted by Gasteiger charge is 2.32. The average molecular weight is 515 g/mol. The molecule has 0 unspecified atom stereocenters. The number of hydrogen-bond acceptors (Lipinski definition) is 6. The lowest BCUT2D eigenvalue weighted by atomic mass is 10.1. The van der Waals surface area contributed by atoms with Gasteiger partial charge in [0.2, 0.25) is 10.0 Å². The number of halogens is 4. The minimum atomic E-state index is -4.65. The van der Waals surface area contributed by atoms with Crippen molar-refractivity contribution in [2.24, 2.45) is 5.14 Å². The molecule has 178 valence electrons. The Labute approximate surface area is 190 Å². The number of benzene rings is 2. The largest absolute Gasteiger partial charge is 0.416 e. The van der Waals surface area contributed by atoms with Crippen LogP contribution >= 0.6 is 12.4 Å². The highest BCUT2D eigenvalue weighted by Crippen LogP contribution is 2.36. The van der Waals surface area contributed by atoms with Crippen LogP contribution in [-0.4, -0.2) is 55.0 Å². The number of alkyl halides is 3. The maximum Gasteiger partial charge on any atom is 0.416 e. The summed E-state index contributed by atoms with van der Waals surface area (Å²) in [5.74, 6) is 0. The van der Waals surface area contributed by atoms with E-state index in [1.165, 1.54) is 6.07 Å². The van der Waals surface area contributed by atoms with Gasteiger partial charge in [0.15, 0.2) is 0 Å². The van der Waals surface area contributed by atoms with Gasteiger partial charge >= 0.3 is 6.18 Å². The lowest BCUT2D eigenvalue weighted by molar-refractivity contribution is -0.137. The van der Waals surface area contributed by atoms with Crippen LogP contribution < -0.4 is 14.8 Å². The van der Waals surface area contributed by atoms with Crippen LogP contribution in [0, 0.1) is 0 Å². The van der Waals surface area contributed by atoms with Crippen molar-refractivity contribution in [1.82, 2.24) is 4.90 Å². The monoisotopic (exact) mass is 514 g/mol. The summed E-state index contributed by atoms with van der Waals surface area (Å²) < 4.78 is 90.3. The number of nitrogens with zero attached hydrogens (tertiary/aromatic N) is 2. The second-order valence-electron chi connectivity index (χ2n) is 7.14. The summed E-state index contributed by atoms with van der Waals surface area (Å²) in [4.78, 5) is 3.25. The Morgan fingerprint density at radius 3 is 1.94 bits per heavy atom. The van der Waals surface area contributed by atoms with Crippen LogP contribution in [0.2, 0.25) is 0 Å². The predicted octanol–water partition coefficient (Wildman–Crippen LogP) is 2.33. The van der Waals surface area contributed by atoms with Crippen molar-refractivity contribution in [1.29, 1.82) is 0 Å². The molecule has 0 atom stereocenters. The highest BCUT2D eigenvalue weighted by molar-refractivity contribution is 7.92. The summed E-state index contributed by atoms with van der Waals surface area (Å²) in [6.45, 7) is 2.36. The number of nitrogens with two attached hydrogens (primary N) is 1. The van der Waals surface area contributed by atoms with Gasteiger partial charge in [-0.1, -0.05) is 0 Å². The normalized spacial score (nSPS) is 15.8. The molecular formula is C18H22ClF3N4O4S2. The molecule has 3 N–H and O–H groups in total. The minimum Gasteiger partial charge on any atom is -0.367 e. The zero-order valence-corrected chi connectivity index (χ0v) is 19.3. The molecule has 1 heterocycles. The van der Waals surface area contributed by atoms with Gasteiger partial charge in [-0.05, 0) is 49.5 Å². The first-order chi connectivity index (χ1) is 14.3. The molecule has 0 radical (unpaired) electrons. The summed E-state index contributed by atoms with van der Waals surface area (Å²) in [5.41, 5.74) is -0.881. The standard InChI is InChI=1S/C18H21F3N4O4S2.ClH/c1-24-8-10-25(11-9-24)17-7-2-13(18(19,20)21)12-16(17)23-31(28,29)15-5-3-14(4-6-15)30(22,26)27;/h2-7,12,23H,8-11H2,1H3,(H2,22,26,27);1H. The van der Waals surface area contributed by atoms with Crippen LogP contribution in [0.1, 0.15) is 5.56 Å². The van der Waals surface area contributed by atoms with Gasteiger partial charge in [0.25, 0.3) is 10.0 Å². The molecule has 1 aliphatic heterocycles. The van der Waals surface area contributed by atoms with Crippen LogP contribution in [0.4, 0.5) is 24.5 Å². The van der Waals surface area contributed by atoms with Crippen LogP contribution in [0.5, 0.6) is 0 Å². The molecule has 14 heteroatoms. The number of likely N-dealkylation sites (N-methyl/N-ethyl adjacent to an activating group) is 1.